The maximum atomic E-state index is 12.6. The number of hydrogen-bond donors (Lipinski definition) is 2. The first kappa shape index (κ1) is 20.7. The van der Waals surface area contributed by atoms with Crippen molar-refractivity contribution in [3.8, 4) is 0 Å². The second-order valence-electron chi connectivity index (χ2n) is 6.34. The summed E-state index contributed by atoms with van der Waals surface area (Å²) in [5.74, 6) is -0.217. The van der Waals surface area contributed by atoms with Crippen LogP contribution in [0.3, 0.4) is 0 Å². The molecule has 2 rings (SSSR count). The monoisotopic (exact) mass is 393 g/mol. The van der Waals surface area contributed by atoms with Crippen LogP contribution in [0.2, 0.25) is 0 Å². The highest BCUT2D eigenvalue weighted by molar-refractivity contribution is 7.89. The summed E-state index contributed by atoms with van der Waals surface area (Å²) < 4.78 is 31.3. The number of sulfonamides is 1. The lowest BCUT2D eigenvalue weighted by molar-refractivity contribution is -0.121. The Bertz CT molecular complexity index is 979. The predicted octanol–water partition coefficient (Wildman–Crippen LogP) is 1.59. The highest BCUT2D eigenvalue weighted by Crippen LogP contribution is 2.18. The molecule has 1 aromatic carbocycles. The highest BCUT2D eigenvalue weighted by atomic mass is 32.2. The van der Waals surface area contributed by atoms with Crippen LogP contribution >= 0.6 is 0 Å². The van der Waals surface area contributed by atoms with Gasteiger partial charge in [0.2, 0.25) is 10.0 Å². The molecular weight excluding hydrogens is 370 g/mol. The molecule has 27 heavy (non-hydrogen) atoms. The average Bonchev–Trinajstić information content (AvgIpc) is 2.93. The molecule has 0 saturated carbocycles. The number of carbonyl (C=O) groups is 2. The summed E-state index contributed by atoms with van der Waals surface area (Å²) in [6.07, 6.45) is 0. The van der Waals surface area contributed by atoms with Crippen molar-refractivity contribution in [1.29, 1.82) is 0 Å². The Morgan fingerprint density at radius 2 is 1.70 bits per heavy atom. The third-order valence-electron chi connectivity index (χ3n) is 4.15. The molecule has 146 valence electrons. The third-order valence-corrected chi connectivity index (χ3v) is 5.95. The molecule has 8 nitrogen and oxygen atoms in total. The van der Waals surface area contributed by atoms with Crippen LogP contribution in [0.25, 0.3) is 0 Å². The quantitative estimate of drug-likeness (QED) is 0.750. The van der Waals surface area contributed by atoms with Gasteiger partial charge in [-0.3, -0.25) is 20.4 Å². The van der Waals surface area contributed by atoms with Gasteiger partial charge in [-0.2, -0.15) is 4.31 Å². The smallest absolute Gasteiger partial charge is 0.273 e. The molecule has 1 heterocycles. The molecule has 0 saturated heterocycles. The minimum absolute atomic E-state index is 0.106. The van der Waals surface area contributed by atoms with E-state index in [1.807, 2.05) is 13.8 Å². The standard InChI is InChI=1S/C18H23N3O5S/c1-11-6-7-15(8-12(11)2)27(24,25)21(5)10-17(22)19-20-18(23)16-9-13(3)26-14(16)4/h6-9H,10H2,1-5H3,(H,19,22)(H,20,23). The van der Waals surface area contributed by atoms with Crippen LogP contribution in [0.15, 0.2) is 33.6 Å². The molecule has 0 radical (unpaired) electrons. The van der Waals surface area contributed by atoms with E-state index in [2.05, 4.69) is 10.9 Å². The van der Waals surface area contributed by atoms with Gasteiger partial charge in [0.1, 0.15) is 11.5 Å². The number of carbonyl (C=O) groups excluding carboxylic acids is 2. The fourth-order valence-corrected chi connectivity index (χ4v) is 3.64. The summed E-state index contributed by atoms with van der Waals surface area (Å²) in [5, 5.41) is 0. The zero-order chi connectivity index (χ0) is 20.4. The molecule has 2 N–H and O–H groups in total. The van der Waals surface area contributed by atoms with E-state index in [0.717, 1.165) is 15.4 Å². The molecule has 2 amide bonds. The Kier molecular flexibility index (Phi) is 6.07. The molecule has 0 atom stereocenters. The fraction of sp³-hybridized carbons (Fsp3) is 0.333. The van der Waals surface area contributed by atoms with Gasteiger partial charge >= 0.3 is 0 Å². The van der Waals surface area contributed by atoms with Crippen molar-refractivity contribution in [2.45, 2.75) is 32.6 Å². The van der Waals surface area contributed by atoms with Crippen molar-refractivity contribution in [3.05, 3.63) is 52.5 Å². The van der Waals surface area contributed by atoms with E-state index in [-0.39, 0.29) is 4.90 Å². The lowest BCUT2D eigenvalue weighted by Crippen LogP contribution is -2.46. The predicted molar refractivity (Wildman–Crippen MR) is 99.5 cm³/mol. The van der Waals surface area contributed by atoms with Gasteiger partial charge in [-0.15, -0.1) is 0 Å². The lowest BCUT2D eigenvalue weighted by Gasteiger charge is -2.17. The van der Waals surface area contributed by atoms with Crippen LogP contribution in [0.4, 0.5) is 0 Å². The highest BCUT2D eigenvalue weighted by Gasteiger charge is 2.23. The van der Waals surface area contributed by atoms with E-state index in [1.54, 1.807) is 32.0 Å². The van der Waals surface area contributed by atoms with Gasteiger partial charge in [-0.1, -0.05) is 6.07 Å². The number of hydrazine groups is 1. The third kappa shape index (κ3) is 4.75. The Balaban J connectivity index is 1.99. The van der Waals surface area contributed by atoms with Gasteiger partial charge in [0, 0.05) is 7.05 Å². The Morgan fingerprint density at radius 1 is 1.04 bits per heavy atom. The first-order chi connectivity index (χ1) is 12.5. The summed E-state index contributed by atoms with van der Waals surface area (Å²) >= 11 is 0. The molecule has 2 aromatic rings. The molecule has 9 heteroatoms. The van der Waals surface area contributed by atoms with Crippen molar-refractivity contribution in [3.63, 3.8) is 0 Å². The molecule has 0 fully saturated rings. The summed E-state index contributed by atoms with van der Waals surface area (Å²) in [6.45, 7) is 6.59. The molecule has 0 aliphatic rings. The second-order valence-corrected chi connectivity index (χ2v) is 8.38. The fourth-order valence-electron chi connectivity index (χ4n) is 2.43. The first-order valence-electron chi connectivity index (χ1n) is 8.22. The van der Waals surface area contributed by atoms with Crippen molar-refractivity contribution >= 4 is 21.8 Å². The number of amides is 2. The number of furan rings is 1. The van der Waals surface area contributed by atoms with Gasteiger partial charge in [-0.05, 0) is 57.0 Å². The summed E-state index contributed by atoms with van der Waals surface area (Å²) in [6, 6.07) is 6.32. The van der Waals surface area contributed by atoms with E-state index < -0.39 is 28.4 Å². The maximum Gasteiger partial charge on any atom is 0.273 e. The Morgan fingerprint density at radius 3 is 2.26 bits per heavy atom. The number of nitrogens with one attached hydrogen (secondary N) is 2. The van der Waals surface area contributed by atoms with Crippen molar-refractivity contribution < 1.29 is 22.4 Å². The minimum atomic E-state index is -3.82. The number of rotatable bonds is 5. The number of likely N-dealkylation sites (N-methyl/N-ethyl adjacent to an activating group) is 1. The van der Waals surface area contributed by atoms with Crippen LogP contribution in [-0.4, -0.2) is 38.1 Å². The van der Waals surface area contributed by atoms with E-state index in [0.29, 0.717) is 17.1 Å². The number of benzene rings is 1. The number of aryl methyl sites for hydroxylation is 4. The normalized spacial score (nSPS) is 11.5. The van der Waals surface area contributed by atoms with E-state index in [1.165, 1.54) is 13.1 Å². The SMILES string of the molecule is Cc1cc(C(=O)NNC(=O)CN(C)S(=O)(=O)c2ccc(C)c(C)c2)c(C)o1. The first-order valence-corrected chi connectivity index (χ1v) is 9.66. The summed E-state index contributed by atoms with van der Waals surface area (Å²) in [5.41, 5.74) is 6.56. The van der Waals surface area contributed by atoms with Crippen LogP contribution in [0, 0.1) is 27.7 Å². The number of hydrogen-bond acceptors (Lipinski definition) is 5. The zero-order valence-corrected chi connectivity index (χ0v) is 16.7. The van der Waals surface area contributed by atoms with Gasteiger partial charge in [-0.25, -0.2) is 8.42 Å². The van der Waals surface area contributed by atoms with Crippen LogP contribution < -0.4 is 10.9 Å². The molecule has 1 aromatic heterocycles. The maximum absolute atomic E-state index is 12.6. The van der Waals surface area contributed by atoms with Crippen LogP contribution in [0.5, 0.6) is 0 Å². The van der Waals surface area contributed by atoms with Crippen molar-refractivity contribution in [2.75, 3.05) is 13.6 Å². The van der Waals surface area contributed by atoms with Gasteiger partial charge < -0.3 is 4.42 Å². The van der Waals surface area contributed by atoms with Gasteiger partial charge in [0.15, 0.2) is 0 Å². The summed E-state index contributed by atoms with van der Waals surface area (Å²) in [4.78, 5) is 24.2. The topological polar surface area (TPSA) is 109 Å². The van der Waals surface area contributed by atoms with E-state index >= 15 is 0 Å². The number of nitrogens with zero attached hydrogens (tertiary/aromatic N) is 1. The van der Waals surface area contributed by atoms with Gasteiger partial charge in [0.05, 0.1) is 17.0 Å². The second kappa shape index (κ2) is 7.93. The summed E-state index contributed by atoms with van der Waals surface area (Å²) in [7, 11) is -2.52. The lowest BCUT2D eigenvalue weighted by atomic mass is 10.1. The average molecular weight is 393 g/mol. The Labute approximate surface area is 158 Å². The largest absolute Gasteiger partial charge is 0.466 e. The molecule has 0 aliphatic heterocycles. The Hall–Kier alpha value is -2.65. The van der Waals surface area contributed by atoms with Crippen LogP contribution in [0.1, 0.15) is 33.0 Å². The van der Waals surface area contributed by atoms with E-state index in [4.69, 9.17) is 4.42 Å². The van der Waals surface area contributed by atoms with Crippen molar-refractivity contribution in [2.24, 2.45) is 0 Å². The molecule has 0 aliphatic carbocycles. The molecule has 0 unspecified atom stereocenters. The minimum Gasteiger partial charge on any atom is -0.466 e. The van der Waals surface area contributed by atoms with E-state index in [9.17, 15) is 18.0 Å². The van der Waals surface area contributed by atoms with Gasteiger partial charge in [0.25, 0.3) is 11.8 Å². The molecular formula is C18H23N3O5S. The molecule has 0 bridgehead atoms. The van der Waals surface area contributed by atoms with Crippen molar-refractivity contribution in [1.82, 2.24) is 15.2 Å². The molecule has 0 spiro atoms. The van der Waals surface area contributed by atoms with Crippen LogP contribution in [-0.2, 0) is 14.8 Å². The zero-order valence-electron chi connectivity index (χ0n) is 15.9.